The molecule has 2 aromatic carbocycles. The van der Waals surface area contributed by atoms with Crippen LogP contribution in [0.15, 0.2) is 41.3 Å². The van der Waals surface area contributed by atoms with Gasteiger partial charge in [-0.05, 0) is 67.5 Å². The van der Waals surface area contributed by atoms with E-state index in [9.17, 15) is 22.0 Å². The number of fused-ring (bicyclic) bond motifs is 1. The lowest BCUT2D eigenvalue weighted by molar-refractivity contribution is -0.120. The fraction of sp³-hybridized carbons (Fsp3) is 0.381. The number of hydrogen-bond acceptors (Lipinski definition) is 3. The molecule has 0 aromatic heterocycles. The average Bonchev–Trinajstić information content (AvgIpc) is 3.19. The van der Waals surface area contributed by atoms with E-state index < -0.39 is 21.7 Å². The molecule has 0 saturated carbocycles. The Bertz CT molecular complexity index is 1050. The van der Waals surface area contributed by atoms with Crippen LogP contribution in [0.25, 0.3) is 0 Å². The number of rotatable bonds is 4. The molecular formula is C21H22F2N2O3S. The normalized spacial score (nSPS) is 17.9. The molecule has 2 aromatic rings. The number of amides is 1. The highest BCUT2D eigenvalue weighted by Gasteiger charge is 2.32. The summed E-state index contributed by atoms with van der Waals surface area (Å²) >= 11 is 0. The molecule has 0 bridgehead atoms. The van der Waals surface area contributed by atoms with Crippen molar-refractivity contribution >= 4 is 21.6 Å². The second-order valence-electron chi connectivity index (χ2n) is 7.58. The Kier molecular flexibility index (Phi) is 5.40. The number of carbonyl (C=O) groups is 1. The first-order valence-electron chi connectivity index (χ1n) is 9.72. The molecule has 5 nitrogen and oxygen atoms in total. The zero-order valence-electron chi connectivity index (χ0n) is 15.8. The van der Waals surface area contributed by atoms with E-state index >= 15 is 0 Å². The smallest absolute Gasteiger partial charge is 0.243 e. The van der Waals surface area contributed by atoms with E-state index in [2.05, 4.69) is 5.32 Å². The van der Waals surface area contributed by atoms with Gasteiger partial charge in [-0.1, -0.05) is 6.07 Å². The van der Waals surface area contributed by atoms with Crippen LogP contribution in [-0.4, -0.2) is 31.7 Å². The third-order valence-electron chi connectivity index (χ3n) is 5.72. The average molecular weight is 420 g/mol. The summed E-state index contributed by atoms with van der Waals surface area (Å²) in [4.78, 5) is 12.7. The van der Waals surface area contributed by atoms with Crippen LogP contribution in [0.4, 0.5) is 14.5 Å². The number of carbonyl (C=O) groups excluding carboxylic acids is 1. The first-order valence-corrected chi connectivity index (χ1v) is 11.2. The Morgan fingerprint density at radius 1 is 0.966 bits per heavy atom. The third-order valence-corrected chi connectivity index (χ3v) is 7.61. The molecule has 1 aliphatic heterocycles. The van der Waals surface area contributed by atoms with Crippen molar-refractivity contribution in [3.63, 3.8) is 0 Å². The van der Waals surface area contributed by atoms with Gasteiger partial charge in [-0.2, -0.15) is 4.31 Å². The molecule has 0 spiro atoms. The molecule has 29 heavy (non-hydrogen) atoms. The van der Waals surface area contributed by atoms with Gasteiger partial charge in [0.2, 0.25) is 15.9 Å². The summed E-state index contributed by atoms with van der Waals surface area (Å²) in [7, 11) is -3.59. The van der Waals surface area contributed by atoms with Gasteiger partial charge in [-0.25, -0.2) is 17.2 Å². The van der Waals surface area contributed by atoms with E-state index in [-0.39, 0.29) is 30.6 Å². The van der Waals surface area contributed by atoms with Gasteiger partial charge in [0.1, 0.15) is 0 Å². The predicted octanol–water partition coefficient (Wildman–Crippen LogP) is 3.49. The van der Waals surface area contributed by atoms with Crippen molar-refractivity contribution in [1.82, 2.24) is 4.31 Å². The van der Waals surface area contributed by atoms with Crippen molar-refractivity contribution in [2.75, 3.05) is 18.4 Å². The highest BCUT2D eigenvalue weighted by molar-refractivity contribution is 7.89. The minimum Gasteiger partial charge on any atom is -0.326 e. The van der Waals surface area contributed by atoms with Gasteiger partial charge < -0.3 is 5.32 Å². The van der Waals surface area contributed by atoms with Crippen molar-refractivity contribution in [2.45, 2.75) is 37.0 Å². The molecule has 154 valence electrons. The minimum atomic E-state index is -3.59. The van der Waals surface area contributed by atoms with Crippen molar-refractivity contribution in [3.8, 4) is 0 Å². The van der Waals surface area contributed by atoms with Gasteiger partial charge in [0, 0.05) is 30.8 Å². The SMILES string of the molecule is O=C(Nc1ccc(F)c(F)c1)C1CCN(S(=O)(=O)c2ccc3c(c2)CCC3)CC1. The number of halogens is 2. The lowest BCUT2D eigenvalue weighted by atomic mass is 9.97. The lowest BCUT2D eigenvalue weighted by Gasteiger charge is -2.30. The van der Waals surface area contributed by atoms with Crippen LogP contribution < -0.4 is 5.32 Å². The molecule has 2 aliphatic rings. The number of piperidine rings is 1. The fourth-order valence-corrected chi connectivity index (χ4v) is 5.56. The van der Waals surface area contributed by atoms with Crippen LogP contribution in [0.2, 0.25) is 0 Å². The highest BCUT2D eigenvalue weighted by atomic mass is 32.2. The molecular weight excluding hydrogens is 398 g/mol. The monoisotopic (exact) mass is 420 g/mol. The summed E-state index contributed by atoms with van der Waals surface area (Å²) in [5.41, 5.74) is 2.51. The van der Waals surface area contributed by atoms with E-state index in [1.807, 2.05) is 6.07 Å². The zero-order chi connectivity index (χ0) is 20.6. The number of aryl methyl sites for hydroxylation is 2. The fourth-order valence-electron chi connectivity index (χ4n) is 4.03. The van der Waals surface area contributed by atoms with Crippen LogP contribution in [0.1, 0.15) is 30.4 Å². The van der Waals surface area contributed by atoms with E-state index in [0.29, 0.717) is 17.7 Å². The molecule has 4 rings (SSSR count). The third kappa shape index (κ3) is 4.04. The quantitative estimate of drug-likeness (QED) is 0.823. The number of hydrogen-bond donors (Lipinski definition) is 1. The number of anilines is 1. The van der Waals surface area contributed by atoms with E-state index in [1.165, 1.54) is 15.9 Å². The Morgan fingerprint density at radius 2 is 1.69 bits per heavy atom. The molecule has 0 atom stereocenters. The lowest BCUT2D eigenvalue weighted by Crippen LogP contribution is -2.41. The van der Waals surface area contributed by atoms with Crippen molar-refractivity contribution in [1.29, 1.82) is 0 Å². The second kappa shape index (κ2) is 7.84. The van der Waals surface area contributed by atoms with Gasteiger partial charge in [0.15, 0.2) is 11.6 Å². The van der Waals surface area contributed by atoms with Crippen molar-refractivity contribution in [2.24, 2.45) is 5.92 Å². The van der Waals surface area contributed by atoms with Gasteiger partial charge in [-0.3, -0.25) is 4.79 Å². The number of nitrogens with one attached hydrogen (secondary N) is 1. The number of benzene rings is 2. The Balaban J connectivity index is 1.39. The number of sulfonamides is 1. The summed E-state index contributed by atoms with van der Waals surface area (Å²) in [6, 6.07) is 8.53. The van der Waals surface area contributed by atoms with Crippen LogP contribution in [0.3, 0.4) is 0 Å². The van der Waals surface area contributed by atoms with Crippen LogP contribution >= 0.6 is 0 Å². The topological polar surface area (TPSA) is 66.5 Å². The van der Waals surface area contributed by atoms with E-state index in [1.54, 1.807) is 12.1 Å². The van der Waals surface area contributed by atoms with Crippen molar-refractivity contribution < 1.29 is 22.0 Å². The van der Waals surface area contributed by atoms with Gasteiger partial charge in [0.05, 0.1) is 4.90 Å². The molecule has 1 N–H and O–H groups in total. The largest absolute Gasteiger partial charge is 0.326 e. The molecule has 1 heterocycles. The first kappa shape index (κ1) is 20.0. The summed E-state index contributed by atoms with van der Waals surface area (Å²) in [5, 5.41) is 2.58. The maximum absolute atomic E-state index is 13.3. The Labute approximate surface area is 168 Å². The number of nitrogens with zero attached hydrogens (tertiary/aromatic N) is 1. The summed E-state index contributed by atoms with van der Waals surface area (Å²) in [5.74, 6) is -2.70. The van der Waals surface area contributed by atoms with Gasteiger partial charge in [-0.15, -0.1) is 0 Å². The predicted molar refractivity (Wildman–Crippen MR) is 105 cm³/mol. The maximum Gasteiger partial charge on any atom is 0.243 e. The standard InChI is InChI=1S/C21H22F2N2O3S/c22-19-7-5-17(13-20(19)23)24-21(26)15-8-10-25(11-9-15)29(27,28)18-6-4-14-2-1-3-16(14)12-18/h4-7,12-13,15H,1-3,8-11H2,(H,24,26). The van der Waals surface area contributed by atoms with E-state index in [0.717, 1.165) is 37.0 Å². The van der Waals surface area contributed by atoms with Crippen LogP contribution in [0.5, 0.6) is 0 Å². The zero-order valence-corrected chi connectivity index (χ0v) is 16.6. The Hall–Kier alpha value is -2.32. The second-order valence-corrected chi connectivity index (χ2v) is 9.52. The highest BCUT2D eigenvalue weighted by Crippen LogP contribution is 2.29. The molecule has 1 saturated heterocycles. The van der Waals surface area contributed by atoms with Gasteiger partial charge in [0.25, 0.3) is 0 Å². The van der Waals surface area contributed by atoms with Crippen LogP contribution in [-0.2, 0) is 27.7 Å². The summed E-state index contributed by atoms with van der Waals surface area (Å²) in [6.07, 6.45) is 3.70. The Morgan fingerprint density at radius 3 is 2.41 bits per heavy atom. The van der Waals surface area contributed by atoms with Crippen LogP contribution in [0, 0.1) is 17.6 Å². The molecule has 0 unspecified atom stereocenters. The van der Waals surface area contributed by atoms with E-state index in [4.69, 9.17) is 0 Å². The summed E-state index contributed by atoms with van der Waals surface area (Å²) < 4.78 is 53.7. The summed E-state index contributed by atoms with van der Waals surface area (Å²) in [6.45, 7) is 0.491. The van der Waals surface area contributed by atoms with Crippen molar-refractivity contribution in [3.05, 3.63) is 59.2 Å². The molecule has 1 aliphatic carbocycles. The maximum atomic E-state index is 13.3. The molecule has 8 heteroatoms. The molecule has 1 amide bonds. The molecule has 1 fully saturated rings. The first-order chi connectivity index (χ1) is 13.8. The van der Waals surface area contributed by atoms with Gasteiger partial charge >= 0.3 is 0 Å². The molecule has 0 radical (unpaired) electrons. The minimum absolute atomic E-state index is 0.182.